The predicted octanol–water partition coefficient (Wildman–Crippen LogP) is 2.06. The van der Waals surface area contributed by atoms with Gasteiger partial charge in [-0.15, -0.1) is 0 Å². The van der Waals surface area contributed by atoms with E-state index < -0.39 is 23.7 Å². The lowest BCUT2D eigenvalue weighted by atomic mass is 10.0. The molecular weight excluding hydrogens is 488 g/mol. The zero-order valence-electron chi connectivity index (χ0n) is 20.9. The van der Waals surface area contributed by atoms with Gasteiger partial charge in [-0.1, -0.05) is 36.4 Å². The van der Waals surface area contributed by atoms with E-state index in [0.29, 0.717) is 37.2 Å². The Balaban J connectivity index is 1.37. The minimum absolute atomic E-state index is 0.0285. The Kier molecular flexibility index (Phi) is 7.23. The fourth-order valence-electron chi connectivity index (χ4n) is 4.82. The number of hydrogen-bond donors (Lipinski definition) is 2. The molecule has 3 heterocycles. The van der Waals surface area contributed by atoms with E-state index in [9.17, 15) is 19.2 Å². The summed E-state index contributed by atoms with van der Waals surface area (Å²) in [4.78, 5) is 56.7. The molecule has 1 unspecified atom stereocenters. The number of amides is 2. The van der Waals surface area contributed by atoms with Gasteiger partial charge in [0.05, 0.1) is 25.9 Å². The number of ether oxygens (including phenoxy) is 2. The SMILES string of the molecule is COC(=O)C(Cc1c[nH]c2ccccc12)NC(=O)C(=O)c1cn(CC(=O)N2CCOCC2)c2ccccc12. The van der Waals surface area contributed by atoms with Crippen LogP contribution >= 0.6 is 0 Å². The van der Waals surface area contributed by atoms with Crippen LogP contribution in [0, 0.1) is 0 Å². The summed E-state index contributed by atoms with van der Waals surface area (Å²) in [7, 11) is 1.23. The summed E-state index contributed by atoms with van der Waals surface area (Å²) in [5.41, 5.74) is 2.52. The van der Waals surface area contributed by atoms with Crippen molar-refractivity contribution in [3.05, 3.63) is 72.1 Å². The third-order valence-corrected chi connectivity index (χ3v) is 6.80. The third-order valence-electron chi connectivity index (χ3n) is 6.80. The summed E-state index contributed by atoms with van der Waals surface area (Å²) in [6.07, 6.45) is 3.44. The zero-order chi connectivity index (χ0) is 26.6. The maximum Gasteiger partial charge on any atom is 0.328 e. The minimum Gasteiger partial charge on any atom is -0.467 e. The Morgan fingerprint density at radius 1 is 1.03 bits per heavy atom. The van der Waals surface area contributed by atoms with E-state index in [4.69, 9.17) is 9.47 Å². The van der Waals surface area contributed by atoms with Crippen molar-refractivity contribution in [3.63, 3.8) is 0 Å². The molecular formula is C28H28N4O6. The highest BCUT2D eigenvalue weighted by Crippen LogP contribution is 2.23. The Labute approximate surface area is 218 Å². The number of benzene rings is 2. The summed E-state index contributed by atoms with van der Waals surface area (Å²) < 4.78 is 11.9. The van der Waals surface area contributed by atoms with Crippen LogP contribution in [0.1, 0.15) is 15.9 Å². The molecule has 10 heteroatoms. The van der Waals surface area contributed by atoms with Gasteiger partial charge in [-0.3, -0.25) is 14.4 Å². The van der Waals surface area contributed by atoms with Crippen LogP contribution in [0.15, 0.2) is 60.9 Å². The van der Waals surface area contributed by atoms with Crippen molar-refractivity contribution in [1.82, 2.24) is 19.8 Å². The molecule has 2 aromatic carbocycles. The fraction of sp³-hybridized carbons (Fsp3) is 0.286. The molecule has 0 aliphatic carbocycles. The average Bonchev–Trinajstić information content (AvgIpc) is 3.53. The van der Waals surface area contributed by atoms with Crippen LogP contribution in [0.3, 0.4) is 0 Å². The second-order valence-electron chi connectivity index (χ2n) is 9.12. The zero-order valence-corrected chi connectivity index (χ0v) is 20.9. The third kappa shape index (κ3) is 5.03. The summed E-state index contributed by atoms with van der Waals surface area (Å²) in [6.45, 7) is 2.03. The topological polar surface area (TPSA) is 123 Å². The number of fused-ring (bicyclic) bond motifs is 2. The second kappa shape index (κ2) is 10.9. The number of aromatic nitrogens is 2. The van der Waals surface area contributed by atoms with Gasteiger partial charge in [-0.2, -0.15) is 0 Å². The van der Waals surface area contributed by atoms with Gasteiger partial charge < -0.3 is 29.2 Å². The number of ketones is 1. The molecule has 1 aliphatic rings. The monoisotopic (exact) mass is 516 g/mol. The summed E-state index contributed by atoms with van der Waals surface area (Å²) >= 11 is 0. The van der Waals surface area contributed by atoms with Crippen molar-refractivity contribution in [1.29, 1.82) is 0 Å². The number of H-pyrrole nitrogens is 1. The number of nitrogens with one attached hydrogen (secondary N) is 2. The first-order valence-electron chi connectivity index (χ1n) is 12.4. The standard InChI is InChI=1S/C28H28N4O6/c1-37-28(36)23(14-18-15-29-22-8-4-2-6-19(18)22)30-27(35)26(34)21-16-32(24-9-5-3-7-20(21)24)17-25(33)31-10-12-38-13-11-31/h2-9,15-16,23,29H,10-14,17H2,1H3,(H,30,35). The second-order valence-corrected chi connectivity index (χ2v) is 9.12. The highest BCUT2D eigenvalue weighted by Gasteiger charge is 2.29. The normalized spacial score (nSPS) is 14.4. The molecule has 0 saturated carbocycles. The molecule has 1 aliphatic heterocycles. The molecule has 1 atom stereocenters. The van der Waals surface area contributed by atoms with Crippen molar-refractivity contribution in [3.8, 4) is 0 Å². The van der Waals surface area contributed by atoms with Crippen LogP contribution in [0.25, 0.3) is 21.8 Å². The van der Waals surface area contributed by atoms with Crippen molar-refractivity contribution >= 4 is 45.4 Å². The number of aromatic amines is 1. The van der Waals surface area contributed by atoms with Crippen LogP contribution in [0.5, 0.6) is 0 Å². The molecule has 0 radical (unpaired) electrons. The van der Waals surface area contributed by atoms with Crippen LogP contribution < -0.4 is 5.32 Å². The van der Waals surface area contributed by atoms with E-state index in [1.165, 1.54) is 13.3 Å². The van der Waals surface area contributed by atoms with Crippen LogP contribution in [0.2, 0.25) is 0 Å². The Bertz CT molecular complexity index is 1510. The molecule has 2 aromatic heterocycles. The van der Waals surface area contributed by atoms with Gasteiger partial charge in [-0.25, -0.2) is 4.79 Å². The number of hydrogen-bond acceptors (Lipinski definition) is 6. The molecule has 2 amide bonds. The van der Waals surface area contributed by atoms with Crippen molar-refractivity contribution < 1.29 is 28.7 Å². The molecule has 0 spiro atoms. The first-order valence-corrected chi connectivity index (χ1v) is 12.4. The number of carbonyl (C=O) groups excluding carboxylic acids is 4. The molecule has 38 heavy (non-hydrogen) atoms. The van der Waals surface area contributed by atoms with Gasteiger partial charge in [-0.05, 0) is 17.7 Å². The van der Waals surface area contributed by atoms with Crippen molar-refractivity contribution in [2.75, 3.05) is 33.4 Å². The quantitative estimate of drug-likeness (QED) is 0.210. The average molecular weight is 517 g/mol. The number of Topliss-reactive ketones (excluding diaryl/α,β-unsaturated/α-hetero) is 1. The van der Waals surface area contributed by atoms with E-state index in [1.54, 1.807) is 39.9 Å². The highest BCUT2D eigenvalue weighted by atomic mass is 16.5. The van der Waals surface area contributed by atoms with Gasteiger partial charge in [0.2, 0.25) is 5.91 Å². The van der Waals surface area contributed by atoms with E-state index in [2.05, 4.69) is 10.3 Å². The Hall–Kier alpha value is -4.44. The first kappa shape index (κ1) is 25.2. The predicted molar refractivity (Wildman–Crippen MR) is 140 cm³/mol. The lowest BCUT2D eigenvalue weighted by Crippen LogP contribution is -2.45. The number of esters is 1. The molecule has 196 valence electrons. The Morgan fingerprint density at radius 3 is 2.50 bits per heavy atom. The maximum absolute atomic E-state index is 13.3. The van der Waals surface area contributed by atoms with Crippen molar-refractivity contribution in [2.45, 2.75) is 19.0 Å². The minimum atomic E-state index is -1.06. The molecule has 10 nitrogen and oxygen atoms in total. The van der Waals surface area contributed by atoms with E-state index >= 15 is 0 Å². The van der Waals surface area contributed by atoms with E-state index in [-0.39, 0.29) is 24.4 Å². The summed E-state index contributed by atoms with van der Waals surface area (Å²) in [5.74, 6) is -2.48. The largest absolute Gasteiger partial charge is 0.467 e. The lowest BCUT2D eigenvalue weighted by Gasteiger charge is -2.27. The molecule has 0 bridgehead atoms. The maximum atomic E-state index is 13.3. The molecule has 5 rings (SSSR count). The number of para-hydroxylation sites is 2. The summed E-state index contributed by atoms with van der Waals surface area (Å²) in [6, 6.07) is 13.6. The first-order chi connectivity index (χ1) is 18.5. The van der Waals surface area contributed by atoms with E-state index in [0.717, 1.165) is 16.5 Å². The van der Waals surface area contributed by atoms with Gasteiger partial charge in [0.25, 0.3) is 11.7 Å². The van der Waals surface area contributed by atoms with Crippen LogP contribution in [-0.4, -0.2) is 77.5 Å². The van der Waals surface area contributed by atoms with Gasteiger partial charge >= 0.3 is 5.97 Å². The van der Waals surface area contributed by atoms with Gasteiger partial charge in [0.1, 0.15) is 12.6 Å². The lowest BCUT2D eigenvalue weighted by molar-refractivity contribution is -0.144. The fourth-order valence-corrected chi connectivity index (χ4v) is 4.82. The summed E-state index contributed by atoms with van der Waals surface area (Å²) in [5, 5.41) is 4.02. The smallest absolute Gasteiger partial charge is 0.328 e. The van der Waals surface area contributed by atoms with Crippen LogP contribution in [0.4, 0.5) is 0 Å². The number of methoxy groups -OCH3 is 1. The van der Waals surface area contributed by atoms with Gasteiger partial charge in [0, 0.05) is 53.7 Å². The molecule has 4 aromatic rings. The molecule has 2 N–H and O–H groups in total. The van der Waals surface area contributed by atoms with Gasteiger partial charge in [0.15, 0.2) is 0 Å². The van der Waals surface area contributed by atoms with Crippen LogP contribution in [-0.2, 0) is 36.8 Å². The number of carbonyl (C=O) groups is 4. The number of morpholine rings is 1. The highest BCUT2D eigenvalue weighted by molar-refractivity contribution is 6.45. The number of nitrogens with zero attached hydrogens (tertiary/aromatic N) is 2. The molecule has 1 fully saturated rings. The van der Waals surface area contributed by atoms with E-state index in [1.807, 2.05) is 24.3 Å². The molecule has 1 saturated heterocycles. The van der Waals surface area contributed by atoms with Crippen molar-refractivity contribution in [2.24, 2.45) is 0 Å². The Morgan fingerprint density at radius 2 is 1.74 bits per heavy atom. The number of rotatable bonds is 8.